The molecule has 0 radical (unpaired) electrons. The molecule has 0 bridgehead atoms. The fraction of sp³-hybridized carbons (Fsp3) is 0.300. The number of anilines is 1. The Hall–Kier alpha value is -4.12. The molecule has 0 aliphatic carbocycles. The van der Waals surface area contributed by atoms with E-state index in [0.29, 0.717) is 28.4 Å². The molecule has 0 saturated carbocycles. The molecule has 3 N–H and O–H groups in total. The number of hydrogen-bond donors (Lipinski definition) is 2. The van der Waals surface area contributed by atoms with Crippen molar-refractivity contribution in [1.82, 2.24) is 14.3 Å². The molecule has 3 aromatic carbocycles. The Bertz CT molecular complexity index is 1810. The lowest BCUT2D eigenvalue weighted by Gasteiger charge is -2.38. The van der Waals surface area contributed by atoms with Gasteiger partial charge in [0, 0.05) is 38.2 Å². The molecule has 5 rings (SSSR count). The molecular weight excluding hydrogens is 673 g/mol. The zero-order valence-electron chi connectivity index (χ0n) is 24.7. The number of aromatic nitrogens is 2. The minimum absolute atomic E-state index is 0.0622. The van der Waals surface area contributed by atoms with Crippen LogP contribution in [0.1, 0.15) is 24.5 Å². The third-order valence-corrected chi connectivity index (χ3v) is 9.40. The number of halogens is 6. The molecule has 1 aliphatic rings. The number of carbonyl (C=O) groups is 1. The molecule has 1 atom stereocenters. The number of carboxylic acid groups (broad SMARTS) is 1. The third kappa shape index (κ3) is 8.62. The molecule has 1 fully saturated rings. The smallest absolute Gasteiger partial charge is 0.480 e. The number of nitrogens with two attached hydrogens (primary N) is 1. The average Bonchev–Trinajstić information content (AvgIpc) is 3.04. The van der Waals surface area contributed by atoms with Gasteiger partial charge in [0.15, 0.2) is 0 Å². The van der Waals surface area contributed by atoms with Crippen LogP contribution in [-0.4, -0.2) is 65.8 Å². The van der Waals surface area contributed by atoms with Gasteiger partial charge in [-0.1, -0.05) is 48.9 Å². The van der Waals surface area contributed by atoms with E-state index in [-0.39, 0.29) is 36.5 Å². The summed E-state index contributed by atoms with van der Waals surface area (Å²) in [6.07, 6.45) is -3.67. The zero-order valence-corrected chi connectivity index (χ0v) is 26.2. The highest BCUT2D eigenvalue weighted by molar-refractivity contribution is 7.89. The summed E-state index contributed by atoms with van der Waals surface area (Å²) >= 11 is 6.10. The maximum absolute atomic E-state index is 13.1. The first-order chi connectivity index (χ1) is 22.1. The molecule has 47 heavy (non-hydrogen) atoms. The fourth-order valence-corrected chi connectivity index (χ4v) is 6.43. The van der Waals surface area contributed by atoms with Crippen LogP contribution < -0.4 is 15.4 Å². The minimum Gasteiger partial charge on any atom is -0.480 e. The van der Waals surface area contributed by atoms with Gasteiger partial charge >= 0.3 is 12.3 Å². The first-order valence-electron chi connectivity index (χ1n) is 14.0. The van der Waals surface area contributed by atoms with Crippen molar-refractivity contribution < 1.29 is 45.0 Å². The molecule has 1 aromatic heterocycles. The Morgan fingerprint density at radius 3 is 2.28 bits per heavy atom. The van der Waals surface area contributed by atoms with Gasteiger partial charge < -0.3 is 20.5 Å². The molecule has 0 amide bonds. The maximum Gasteiger partial charge on any atom is 0.573 e. The van der Waals surface area contributed by atoms with Gasteiger partial charge in [-0.25, -0.2) is 27.2 Å². The highest BCUT2D eigenvalue weighted by atomic mass is 35.5. The Morgan fingerprint density at radius 2 is 1.70 bits per heavy atom. The summed E-state index contributed by atoms with van der Waals surface area (Å²) in [5.74, 6) is -4.34. The van der Waals surface area contributed by atoms with E-state index in [9.17, 15) is 40.3 Å². The van der Waals surface area contributed by atoms with Crippen LogP contribution in [0, 0.1) is 0 Å². The summed E-state index contributed by atoms with van der Waals surface area (Å²) in [6, 6.07) is 13.3. The van der Waals surface area contributed by atoms with Crippen LogP contribution in [0.3, 0.4) is 0 Å². The van der Waals surface area contributed by atoms with Crippen molar-refractivity contribution >= 4 is 44.4 Å². The van der Waals surface area contributed by atoms with Crippen LogP contribution in [0.2, 0.25) is 5.02 Å². The van der Waals surface area contributed by atoms with Crippen molar-refractivity contribution in [3.8, 4) is 5.75 Å². The second-order valence-electron chi connectivity index (χ2n) is 10.2. The SMILES string of the molecule is CCC(F)(F)c1ccc(CN)cc1.O=C(O)[C@H]1CN(c2cnc3c(Cl)cccc3n2)CCN1S(=O)(=O)c1ccc(OC(F)(F)F)cc1. The predicted octanol–water partition coefficient (Wildman–Crippen LogP) is 5.79. The Balaban J connectivity index is 0.000000323. The van der Waals surface area contributed by atoms with Crippen molar-refractivity contribution in [2.75, 3.05) is 24.5 Å². The molecule has 4 aromatic rings. The lowest BCUT2D eigenvalue weighted by Crippen LogP contribution is -2.58. The number of carboxylic acids is 1. The van der Waals surface area contributed by atoms with Crippen molar-refractivity contribution in [3.05, 3.63) is 89.1 Å². The van der Waals surface area contributed by atoms with Gasteiger partial charge in [-0.05, 0) is 42.0 Å². The molecule has 1 saturated heterocycles. The predicted molar refractivity (Wildman–Crippen MR) is 164 cm³/mol. The lowest BCUT2D eigenvalue weighted by atomic mass is 10.0. The van der Waals surface area contributed by atoms with Crippen LogP contribution in [0.5, 0.6) is 5.75 Å². The highest BCUT2D eigenvalue weighted by Crippen LogP contribution is 2.31. The standard InChI is InChI=1S/C20H16ClF3N4O5S.C10H13F2N/c21-14-2-1-3-15-18(14)25-10-17(26-15)27-8-9-28(16(11-27)19(29)30)34(31,32)13-6-4-12(5-7-13)33-20(22,23)24;1-2-10(11,12)9-5-3-8(7-13)4-6-9/h1-7,10,16H,8-9,11H2,(H,29,30);3-6H,2,7,13H2,1H3/t16-;/m1./s1. The molecule has 0 spiro atoms. The largest absolute Gasteiger partial charge is 0.573 e. The Morgan fingerprint density at radius 1 is 1.04 bits per heavy atom. The van der Waals surface area contributed by atoms with Crippen LogP contribution in [-0.2, 0) is 27.3 Å². The van der Waals surface area contributed by atoms with Gasteiger partial charge in [-0.3, -0.25) is 4.79 Å². The number of hydrogen-bond acceptors (Lipinski definition) is 8. The molecular formula is C30H29ClF5N5O5S. The molecule has 10 nitrogen and oxygen atoms in total. The van der Waals surface area contributed by atoms with Crippen molar-refractivity contribution in [2.24, 2.45) is 5.73 Å². The van der Waals surface area contributed by atoms with Crippen LogP contribution in [0.25, 0.3) is 11.0 Å². The van der Waals surface area contributed by atoms with Gasteiger partial charge in [0.2, 0.25) is 10.0 Å². The third-order valence-electron chi connectivity index (χ3n) is 7.17. The summed E-state index contributed by atoms with van der Waals surface area (Å²) in [5.41, 5.74) is 7.25. The van der Waals surface area contributed by atoms with E-state index in [4.69, 9.17) is 17.3 Å². The van der Waals surface area contributed by atoms with E-state index in [0.717, 1.165) is 34.1 Å². The van der Waals surface area contributed by atoms with Crippen molar-refractivity contribution in [3.63, 3.8) is 0 Å². The molecule has 0 unspecified atom stereocenters. The van der Waals surface area contributed by atoms with E-state index >= 15 is 0 Å². The molecule has 252 valence electrons. The van der Waals surface area contributed by atoms with Gasteiger partial charge in [-0.15, -0.1) is 13.2 Å². The van der Waals surface area contributed by atoms with Gasteiger partial charge in [0.25, 0.3) is 5.92 Å². The number of aliphatic carboxylic acids is 1. The average molecular weight is 702 g/mol. The van der Waals surface area contributed by atoms with Gasteiger partial charge in [-0.2, -0.15) is 4.31 Å². The van der Waals surface area contributed by atoms with Crippen molar-refractivity contribution in [1.29, 1.82) is 0 Å². The monoisotopic (exact) mass is 701 g/mol. The number of alkyl halides is 5. The van der Waals surface area contributed by atoms with Gasteiger partial charge in [0.1, 0.15) is 23.1 Å². The number of benzene rings is 3. The number of para-hydroxylation sites is 1. The molecule has 17 heteroatoms. The summed E-state index contributed by atoms with van der Waals surface area (Å²) < 4.78 is 94.0. The number of nitrogens with zero attached hydrogens (tertiary/aromatic N) is 4. The summed E-state index contributed by atoms with van der Waals surface area (Å²) in [6.45, 7) is 1.55. The van der Waals surface area contributed by atoms with E-state index in [1.54, 1.807) is 35.2 Å². The topological polar surface area (TPSA) is 139 Å². The quantitative estimate of drug-likeness (QED) is 0.219. The Kier molecular flexibility index (Phi) is 10.9. The zero-order chi connectivity index (χ0) is 34.6. The van der Waals surface area contributed by atoms with E-state index in [2.05, 4.69) is 14.7 Å². The molecule has 1 aliphatic heterocycles. The Labute approximate surface area is 271 Å². The number of ether oxygens (including phenoxy) is 1. The molecule has 2 heterocycles. The van der Waals surface area contributed by atoms with Gasteiger partial charge in [0.05, 0.1) is 21.6 Å². The highest BCUT2D eigenvalue weighted by Gasteiger charge is 2.41. The minimum atomic E-state index is -4.93. The van der Waals surface area contributed by atoms with Crippen LogP contribution in [0.15, 0.2) is 77.8 Å². The van der Waals surface area contributed by atoms with E-state index < -0.39 is 40.1 Å². The van der Waals surface area contributed by atoms with E-state index in [1.807, 2.05) is 0 Å². The second kappa shape index (κ2) is 14.3. The van der Waals surface area contributed by atoms with E-state index in [1.165, 1.54) is 25.3 Å². The fourth-order valence-electron chi connectivity index (χ4n) is 4.65. The number of piperazine rings is 1. The van der Waals surface area contributed by atoms with Crippen LogP contribution in [0.4, 0.5) is 27.8 Å². The normalized spacial score (nSPS) is 16.0. The number of rotatable bonds is 8. The summed E-state index contributed by atoms with van der Waals surface area (Å²) in [4.78, 5) is 21.9. The number of fused-ring (bicyclic) bond motifs is 1. The number of sulfonamides is 1. The van der Waals surface area contributed by atoms with Crippen LogP contribution >= 0.6 is 11.6 Å². The van der Waals surface area contributed by atoms with Crippen molar-refractivity contribution in [2.45, 2.75) is 43.1 Å². The first-order valence-corrected chi connectivity index (χ1v) is 15.8. The summed E-state index contributed by atoms with van der Waals surface area (Å²) in [5, 5.41) is 10.1. The maximum atomic E-state index is 13.1. The summed E-state index contributed by atoms with van der Waals surface area (Å²) in [7, 11) is -4.33. The second-order valence-corrected chi connectivity index (χ2v) is 12.5. The lowest BCUT2D eigenvalue weighted by molar-refractivity contribution is -0.274. The first kappa shape index (κ1) is 35.7.